The molecular weight excluding hydrogens is 456 g/mol. The lowest BCUT2D eigenvalue weighted by molar-refractivity contribution is -0.123. The number of unbranched alkanes of at least 4 members (excludes halogenated alkanes) is 3. The van der Waals surface area contributed by atoms with Gasteiger partial charge in [0.25, 0.3) is 5.91 Å². The Kier molecular flexibility index (Phi) is 10.0. The van der Waals surface area contributed by atoms with Crippen molar-refractivity contribution in [3.05, 3.63) is 58.1 Å². The number of amides is 1. The van der Waals surface area contributed by atoms with Crippen LogP contribution in [0.3, 0.4) is 0 Å². The van der Waals surface area contributed by atoms with Crippen LogP contribution in [0.2, 0.25) is 0 Å². The van der Waals surface area contributed by atoms with E-state index in [1.165, 1.54) is 24.8 Å². The largest absolute Gasteiger partial charge is 0.494 e. The standard InChI is InChI=1S/C25H33BrN2O3/c1-5-6-7-8-15-30-21-12-9-19(10-13-21)17-27-28-24(29)18-31-23-14-11-20(16-22(23)26)25(2,3)4/h9-14,16-17H,5-8,15,18H2,1-4H3,(H,28,29)/b27-17+. The molecule has 0 aliphatic heterocycles. The van der Waals surface area contributed by atoms with E-state index in [1.54, 1.807) is 6.21 Å². The lowest BCUT2D eigenvalue weighted by Crippen LogP contribution is -2.24. The molecular formula is C25H33BrN2O3. The molecule has 0 spiro atoms. The van der Waals surface area contributed by atoms with Gasteiger partial charge < -0.3 is 9.47 Å². The third-order valence-electron chi connectivity index (χ3n) is 4.71. The molecule has 6 heteroatoms. The number of carbonyl (C=O) groups excluding carboxylic acids is 1. The summed E-state index contributed by atoms with van der Waals surface area (Å²) < 4.78 is 12.1. The van der Waals surface area contributed by atoms with Crippen LogP contribution in [0.25, 0.3) is 0 Å². The summed E-state index contributed by atoms with van der Waals surface area (Å²) in [6, 6.07) is 13.5. The van der Waals surface area contributed by atoms with Crippen molar-refractivity contribution in [1.82, 2.24) is 5.43 Å². The maximum Gasteiger partial charge on any atom is 0.277 e. The predicted octanol–water partition coefficient (Wildman–Crippen LogP) is 6.23. The number of rotatable bonds is 11. The first-order valence-electron chi connectivity index (χ1n) is 10.8. The summed E-state index contributed by atoms with van der Waals surface area (Å²) in [5.41, 5.74) is 4.60. The summed E-state index contributed by atoms with van der Waals surface area (Å²) >= 11 is 3.51. The molecule has 0 aromatic heterocycles. The van der Waals surface area contributed by atoms with Gasteiger partial charge in [0.2, 0.25) is 0 Å². The Balaban J connectivity index is 1.74. The summed E-state index contributed by atoms with van der Waals surface area (Å²) in [5.74, 6) is 1.14. The van der Waals surface area contributed by atoms with Crippen molar-refractivity contribution in [2.75, 3.05) is 13.2 Å². The summed E-state index contributed by atoms with van der Waals surface area (Å²) in [5, 5.41) is 3.99. The van der Waals surface area contributed by atoms with Gasteiger partial charge in [-0.1, -0.05) is 53.0 Å². The lowest BCUT2D eigenvalue weighted by Gasteiger charge is -2.20. The molecule has 5 nitrogen and oxygen atoms in total. The van der Waals surface area contributed by atoms with Gasteiger partial charge >= 0.3 is 0 Å². The highest BCUT2D eigenvalue weighted by Crippen LogP contribution is 2.31. The van der Waals surface area contributed by atoms with E-state index in [9.17, 15) is 4.79 Å². The van der Waals surface area contributed by atoms with Crippen molar-refractivity contribution >= 4 is 28.1 Å². The first-order valence-corrected chi connectivity index (χ1v) is 11.6. The maximum atomic E-state index is 12.0. The summed E-state index contributed by atoms with van der Waals surface area (Å²) in [6.07, 6.45) is 6.33. The zero-order valence-electron chi connectivity index (χ0n) is 18.9. The molecule has 0 heterocycles. The molecule has 0 saturated heterocycles. The topological polar surface area (TPSA) is 59.9 Å². The monoisotopic (exact) mass is 488 g/mol. The second-order valence-electron chi connectivity index (χ2n) is 8.46. The zero-order valence-corrected chi connectivity index (χ0v) is 20.5. The van der Waals surface area contributed by atoms with Crippen LogP contribution < -0.4 is 14.9 Å². The lowest BCUT2D eigenvalue weighted by atomic mass is 9.87. The molecule has 2 aromatic carbocycles. The molecule has 2 rings (SSSR count). The molecule has 0 aliphatic carbocycles. The normalized spacial score (nSPS) is 11.5. The molecule has 168 valence electrons. The quantitative estimate of drug-likeness (QED) is 0.231. The van der Waals surface area contributed by atoms with Crippen LogP contribution in [0.15, 0.2) is 52.0 Å². The molecule has 0 unspecified atom stereocenters. The molecule has 1 N–H and O–H groups in total. The Morgan fingerprint density at radius 3 is 2.45 bits per heavy atom. The maximum absolute atomic E-state index is 12.0. The summed E-state index contributed by atoms with van der Waals surface area (Å²) in [7, 11) is 0. The van der Waals surface area contributed by atoms with Crippen molar-refractivity contribution in [1.29, 1.82) is 0 Å². The summed E-state index contributed by atoms with van der Waals surface area (Å²) in [4.78, 5) is 12.0. The van der Waals surface area contributed by atoms with E-state index in [4.69, 9.17) is 9.47 Å². The number of hydrazone groups is 1. The van der Waals surface area contributed by atoms with Crippen LogP contribution >= 0.6 is 15.9 Å². The third-order valence-corrected chi connectivity index (χ3v) is 5.33. The SMILES string of the molecule is CCCCCCOc1ccc(/C=N/NC(=O)COc2ccc(C(C)(C)C)cc2Br)cc1. The number of hydrogen-bond donors (Lipinski definition) is 1. The number of nitrogens with one attached hydrogen (secondary N) is 1. The minimum absolute atomic E-state index is 0.0477. The van der Waals surface area contributed by atoms with E-state index >= 15 is 0 Å². The van der Waals surface area contributed by atoms with Gasteiger partial charge in [-0.2, -0.15) is 5.10 Å². The Labute approximate surface area is 194 Å². The zero-order chi connectivity index (χ0) is 22.7. The first-order chi connectivity index (χ1) is 14.8. The van der Waals surface area contributed by atoms with Gasteiger partial charge in [0.05, 0.1) is 17.3 Å². The van der Waals surface area contributed by atoms with Crippen LogP contribution in [-0.4, -0.2) is 25.3 Å². The van der Waals surface area contributed by atoms with E-state index in [0.29, 0.717) is 5.75 Å². The van der Waals surface area contributed by atoms with Gasteiger partial charge in [-0.25, -0.2) is 5.43 Å². The first kappa shape index (κ1) is 24.9. The molecule has 31 heavy (non-hydrogen) atoms. The molecule has 0 bridgehead atoms. The Bertz CT molecular complexity index is 858. The Morgan fingerprint density at radius 2 is 1.81 bits per heavy atom. The van der Waals surface area contributed by atoms with E-state index in [-0.39, 0.29) is 17.9 Å². The average Bonchev–Trinajstić information content (AvgIpc) is 2.73. The van der Waals surface area contributed by atoms with Gasteiger partial charge in [0.1, 0.15) is 11.5 Å². The fourth-order valence-electron chi connectivity index (χ4n) is 2.81. The van der Waals surface area contributed by atoms with E-state index < -0.39 is 0 Å². The van der Waals surface area contributed by atoms with Crippen molar-refractivity contribution in [3.8, 4) is 11.5 Å². The van der Waals surface area contributed by atoms with Crippen molar-refractivity contribution in [2.45, 2.75) is 58.8 Å². The van der Waals surface area contributed by atoms with Crippen molar-refractivity contribution in [2.24, 2.45) is 5.10 Å². The highest BCUT2D eigenvalue weighted by atomic mass is 79.9. The second-order valence-corrected chi connectivity index (χ2v) is 9.31. The van der Waals surface area contributed by atoms with E-state index in [1.807, 2.05) is 42.5 Å². The number of ether oxygens (including phenoxy) is 2. The summed E-state index contributed by atoms with van der Waals surface area (Å²) in [6.45, 7) is 9.26. The van der Waals surface area contributed by atoms with Gasteiger partial charge in [0, 0.05) is 0 Å². The highest BCUT2D eigenvalue weighted by molar-refractivity contribution is 9.10. The fourth-order valence-corrected chi connectivity index (χ4v) is 3.30. The van der Waals surface area contributed by atoms with Crippen molar-refractivity contribution < 1.29 is 14.3 Å². The van der Waals surface area contributed by atoms with Gasteiger partial charge in [-0.05, 0) is 75.3 Å². The molecule has 0 atom stereocenters. The number of hydrogen-bond acceptors (Lipinski definition) is 4. The Hall–Kier alpha value is -2.34. The molecule has 0 radical (unpaired) electrons. The van der Waals surface area contributed by atoms with Crippen LogP contribution in [0.1, 0.15) is 64.5 Å². The van der Waals surface area contributed by atoms with E-state index in [2.05, 4.69) is 54.2 Å². The second kappa shape index (κ2) is 12.5. The number of nitrogens with zero attached hydrogens (tertiary/aromatic N) is 1. The molecule has 0 fully saturated rings. The smallest absolute Gasteiger partial charge is 0.277 e. The van der Waals surface area contributed by atoms with Crippen LogP contribution in [-0.2, 0) is 10.2 Å². The highest BCUT2D eigenvalue weighted by Gasteiger charge is 2.15. The van der Waals surface area contributed by atoms with Crippen LogP contribution in [0.5, 0.6) is 11.5 Å². The molecule has 2 aromatic rings. The number of benzene rings is 2. The van der Waals surface area contributed by atoms with Gasteiger partial charge in [0.15, 0.2) is 6.61 Å². The molecule has 0 aliphatic rings. The number of carbonyl (C=O) groups is 1. The van der Waals surface area contributed by atoms with E-state index in [0.717, 1.165) is 28.8 Å². The number of halogens is 1. The predicted molar refractivity (Wildman–Crippen MR) is 130 cm³/mol. The van der Waals surface area contributed by atoms with Gasteiger partial charge in [-0.15, -0.1) is 0 Å². The molecule has 1 amide bonds. The fraction of sp³-hybridized carbons (Fsp3) is 0.440. The average molecular weight is 489 g/mol. The van der Waals surface area contributed by atoms with Crippen LogP contribution in [0, 0.1) is 0 Å². The third kappa shape index (κ3) is 9.13. The minimum Gasteiger partial charge on any atom is -0.494 e. The minimum atomic E-state index is -0.324. The molecule has 0 saturated carbocycles. The van der Waals surface area contributed by atoms with Crippen molar-refractivity contribution in [3.63, 3.8) is 0 Å². The Morgan fingerprint density at radius 1 is 1.06 bits per heavy atom. The van der Waals surface area contributed by atoms with Crippen LogP contribution in [0.4, 0.5) is 0 Å². The van der Waals surface area contributed by atoms with Gasteiger partial charge in [-0.3, -0.25) is 4.79 Å².